The van der Waals surface area contributed by atoms with Gasteiger partial charge in [0.15, 0.2) is 8.32 Å². The maximum absolute atomic E-state index is 14.4. The van der Waals surface area contributed by atoms with Crippen LogP contribution in [0.2, 0.25) is 18.1 Å². The number of rotatable bonds is 10. The molecule has 0 aliphatic rings. The Morgan fingerprint density at radius 2 is 1.23 bits per heavy atom. The van der Waals surface area contributed by atoms with Crippen molar-refractivity contribution in [2.45, 2.75) is 56.6 Å². The lowest BCUT2D eigenvalue weighted by molar-refractivity contribution is -0.131. The zero-order valence-electron chi connectivity index (χ0n) is 23.6. The van der Waals surface area contributed by atoms with E-state index in [1.165, 1.54) is 7.11 Å². The molecule has 8 heteroatoms. The van der Waals surface area contributed by atoms with Gasteiger partial charge in [-0.2, -0.15) is 0 Å². The lowest BCUT2D eigenvalue weighted by Gasteiger charge is -2.43. The summed E-state index contributed by atoms with van der Waals surface area (Å²) in [4.78, 5) is 26.6. The third-order valence-electron chi connectivity index (χ3n) is 7.47. The van der Waals surface area contributed by atoms with E-state index in [0.29, 0.717) is 0 Å². The van der Waals surface area contributed by atoms with Crippen LogP contribution in [-0.2, 0) is 19.5 Å². The summed E-state index contributed by atoms with van der Waals surface area (Å²) in [6.45, 7) is 9.74. The van der Waals surface area contributed by atoms with Crippen LogP contribution in [0.3, 0.4) is 0 Å². The van der Waals surface area contributed by atoms with Crippen molar-refractivity contribution in [3.63, 3.8) is 0 Å². The first kappa shape index (κ1) is 30.1. The molecule has 7 nitrogen and oxygen atoms in total. The average molecular weight is 549 g/mol. The van der Waals surface area contributed by atoms with Gasteiger partial charge >= 0.3 is 6.09 Å². The van der Waals surface area contributed by atoms with Gasteiger partial charge in [-0.3, -0.25) is 4.79 Å². The fraction of sp³-hybridized carbons (Fsp3) is 0.355. The SMILES string of the molecule is COC(=O)N[C@H](CO)[C@@H](O[Si](C)(C)C(C)(C)C)C(=O)NC(c1ccccc1)(c1ccccc1)c1ccccc1. The van der Waals surface area contributed by atoms with Crippen LogP contribution in [0.15, 0.2) is 91.0 Å². The Balaban J connectivity index is 2.21. The number of hydrogen-bond donors (Lipinski definition) is 3. The fourth-order valence-electron chi connectivity index (χ4n) is 4.28. The van der Waals surface area contributed by atoms with E-state index in [2.05, 4.69) is 31.4 Å². The molecular weight excluding hydrogens is 508 g/mol. The van der Waals surface area contributed by atoms with E-state index in [-0.39, 0.29) is 5.04 Å². The predicted octanol–water partition coefficient (Wildman–Crippen LogP) is 5.20. The molecule has 0 radical (unpaired) electrons. The normalized spacial score (nSPS) is 13.7. The first-order valence-electron chi connectivity index (χ1n) is 13.1. The third-order valence-corrected chi connectivity index (χ3v) is 11.9. The molecule has 3 aromatic rings. The molecule has 3 rings (SSSR count). The molecule has 0 fully saturated rings. The maximum Gasteiger partial charge on any atom is 0.407 e. The van der Waals surface area contributed by atoms with Gasteiger partial charge in [0.05, 0.1) is 19.8 Å². The van der Waals surface area contributed by atoms with E-state index in [4.69, 9.17) is 9.16 Å². The standard InChI is InChI=1S/C31H40N2O5Si/c1-30(2,3)39(5,6)38-27(26(22-34)32-29(36)37-4)28(35)33-31(23-16-10-7-11-17-23,24-18-12-8-13-19-24)25-20-14-9-15-21-25/h7-21,26-27,34H,22H2,1-6H3,(H,32,36)(H,33,35)/t26-,27-/m1/s1. The van der Waals surface area contributed by atoms with E-state index < -0.39 is 44.6 Å². The Labute approximate surface area is 232 Å². The molecule has 0 aromatic heterocycles. The second-order valence-electron chi connectivity index (χ2n) is 11.1. The molecule has 208 valence electrons. The summed E-state index contributed by atoms with van der Waals surface area (Å²) >= 11 is 0. The number of aliphatic hydroxyl groups is 1. The molecule has 2 amide bonds. The molecular formula is C31H40N2O5Si. The Bertz CT molecular complexity index is 1120. The molecule has 0 saturated carbocycles. The van der Waals surface area contributed by atoms with Crippen LogP contribution >= 0.6 is 0 Å². The number of ether oxygens (including phenoxy) is 1. The topological polar surface area (TPSA) is 96.9 Å². The smallest absolute Gasteiger partial charge is 0.407 e. The molecule has 0 bridgehead atoms. The maximum atomic E-state index is 14.4. The van der Waals surface area contributed by atoms with Crippen LogP contribution in [-0.4, -0.2) is 51.3 Å². The molecule has 0 aliphatic carbocycles. The number of carbonyl (C=O) groups is 2. The van der Waals surface area contributed by atoms with Gasteiger partial charge in [0, 0.05) is 0 Å². The number of nitrogens with one attached hydrogen (secondary N) is 2. The van der Waals surface area contributed by atoms with Gasteiger partial charge in [0.25, 0.3) is 5.91 Å². The Morgan fingerprint density at radius 1 is 0.821 bits per heavy atom. The van der Waals surface area contributed by atoms with Crippen molar-refractivity contribution in [1.29, 1.82) is 0 Å². The van der Waals surface area contributed by atoms with Gasteiger partial charge in [0.2, 0.25) is 0 Å². The minimum Gasteiger partial charge on any atom is -0.453 e. The van der Waals surface area contributed by atoms with Gasteiger partial charge in [-0.15, -0.1) is 0 Å². The molecule has 0 saturated heterocycles. The highest BCUT2D eigenvalue weighted by atomic mass is 28.4. The quantitative estimate of drug-likeness (QED) is 0.239. The lowest BCUT2D eigenvalue weighted by Crippen LogP contribution is -2.61. The third kappa shape index (κ3) is 6.76. The highest BCUT2D eigenvalue weighted by molar-refractivity contribution is 6.74. The van der Waals surface area contributed by atoms with E-state index in [0.717, 1.165) is 16.7 Å². The van der Waals surface area contributed by atoms with Gasteiger partial charge in [-0.1, -0.05) is 112 Å². The summed E-state index contributed by atoms with van der Waals surface area (Å²) in [5.41, 5.74) is 1.47. The molecule has 2 atom stereocenters. The van der Waals surface area contributed by atoms with Crippen LogP contribution in [0.5, 0.6) is 0 Å². The van der Waals surface area contributed by atoms with E-state index in [1.54, 1.807) is 0 Å². The highest BCUT2D eigenvalue weighted by Crippen LogP contribution is 2.39. The van der Waals surface area contributed by atoms with Crippen LogP contribution in [0, 0.1) is 0 Å². The molecule has 0 spiro atoms. The molecule has 0 aliphatic heterocycles. The molecule has 0 heterocycles. The Hall–Kier alpha value is -3.46. The number of methoxy groups -OCH3 is 1. The first-order valence-corrected chi connectivity index (χ1v) is 16.0. The predicted molar refractivity (Wildman–Crippen MR) is 156 cm³/mol. The fourth-order valence-corrected chi connectivity index (χ4v) is 5.54. The van der Waals surface area contributed by atoms with Crippen molar-refractivity contribution < 1.29 is 23.9 Å². The van der Waals surface area contributed by atoms with Crippen LogP contribution in [0.1, 0.15) is 37.5 Å². The van der Waals surface area contributed by atoms with Crippen LogP contribution in [0.4, 0.5) is 4.79 Å². The summed E-state index contributed by atoms with van der Waals surface area (Å²) in [5.74, 6) is -0.466. The second kappa shape index (κ2) is 12.6. The number of aliphatic hydroxyl groups excluding tert-OH is 1. The van der Waals surface area contributed by atoms with Gasteiger partial charge in [-0.05, 0) is 34.8 Å². The minimum atomic E-state index is -2.55. The van der Waals surface area contributed by atoms with Crippen molar-refractivity contribution in [2.24, 2.45) is 0 Å². The Morgan fingerprint density at radius 3 is 1.56 bits per heavy atom. The first-order chi connectivity index (χ1) is 18.5. The summed E-state index contributed by atoms with van der Waals surface area (Å²) in [7, 11) is -1.31. The summed E-state index contributed by atoms with van der Waals surface area (Å²) < 4.78 is 11.4. The second-order valence-corrected chi connectivity index (χ2v) is 15.8. The highest BCUT2D eigenvalue weighted by Gasteiger charge is 2.46. The number of amides is 2. The van der Waals surface area contributed by atoms with Crippen molar-refractivity contribution in [3.8, 4) is 0 Å². The lowest BCUT2D eigenvalue weighted by atomic mass is 9.76. The van der Waals surface area contributed by atoms with Crippen molar-refractivity contribution in [3.05, 3.63) is 108 Å². The Kier molecular flexibility index (Phi) is 9.71. The number of benzene rings is 3. The van der Waals surface area contributed by atoms with Crippen molar-refractivity contribution >= 4 is 20.3 Å². The summed E-state index contributed by atoms with van der Waals surface area (Å²) in [6.07, 6.45) is -1.95. The zero-order chi connectivity index (χ0) is 28.7. The van der Waals surface area contributed by atoms with Crippen molar-refractivity contribution in [2.75, 3.05) is 13.7 Å². The number of alkyl carbamates (subject to hydrolysis) is 1. The van der Waals surface area contributed by atoms with Gasteiger partial charge < -0.3 is 24.9 Å². The zero-order valence-corrected chi connectivity index (χ0v) is 24.6. The van der Waals surface area contributed by atoms with Gasteiger partial charge in [-0.25, -0.2) is 4.79 Å². The number of hydrogen-bond acceptors (Lipinski definition) is 5. The monoisotopic (exact) mass is 548 g/mol. The van der Waals surface area contributed by atoms with Crippen LogP contribution < -0.4 is 10.6 Å². The molecule has 0 unspecified atom stereocenters. The van der Waals surface area contributed by atoms with Gasteiger partial charge in [0.1, 0.15) is 11.6 Å². The van der Waals surface area contributed by atoms with E-state index in [9.17, 15) is 14.7 Å². The number of carbonyl (C=O) groups excluding carboxylic acids is 2. The summed E-state index contributed by atoms with van der Waals surface area (Å²) in [5, 5.41) is 16.0. The van der Waals surface area contributed by atoms with Crippen molar-refractivity contribution in [1.82, 2.24) is 10.6 Å². The van der Waals surface area contributed by atoms with Crippen LogP contribution in [0.25, 0.3) is 0 Å². The molecule has 3 aromatic carbocycles. The average Bonchev–Trinajstić information content (AvgIpc) is 2.94. The largest absolute Gasteiger partial charge is 0.453 e. The summed E-state index contributed by atoms with van der Waals surface area (Å²) in [6, 6.07) is 28.2. The van der Waals surface area contributed by atoms with E-state index in [1.807, 2.05) is 104 Å². The molecule has 3 N–H and O–H groups in total. The molecule has 39 heavy (non-hydrogen) atoms. The van der Waals surface area contributed by atoms with E-state index >= 15 is 0 Å². The minimum absolute atomic E-state index is 0.230.